The van der Waals surface area contributed by atoms with Crippen molar-refractivity contribution in [3.05, 3.63) is 30.0 Å². The summed E-state index contributed by atoms with van der Waals surface area (Å²) in [4.78, 5) is 28.3. The molecule has 1 N–H and O–H groups in total. The highest BCUT2D eigenvalue weighted by Gasteiger charge is 2.37. The molecule has 0 unspecified atom stereocenters. The van der Waals surface area contributed by atoms with Gasteiger partial charge < -0.3 is 19.4 Å². The Balaban J connectivity index is 2.07. The van der Waals surface area contributed by atoms with Crippen LogP contribution < -0.4 is 10.2 Å². The summed E-state index contributed by atoms with van der Waals surface area (Å²) in [6.45, 7) is 16.1. The van der Waals surface area contributed by atoms with Crippen LogP contribution in [0, 0.1) is 0 Å². The number of likely N-dealkylation sites (N-methyl/N-ethyl adjacent to an activating group) is 1. The lowest BCUT2D eigenvalue weighted by atomic mass is 10.0. The van der Waals surface area contributed by atoms with Crippen LogP contribution in [-0.4, -0.2) is 51.6 Å². The maximum absolute atomic E-state index is 13.8. The van der Waals surface area contributed by atoms with Crippen molar-refractivity contribution in [2.75, 3.05) is 18.5 Å². The van der Waals surface area contributed by atoms with E-state index in [1.165, 1.54) is 0 Å². The number of carbonyl (C=O) groups is 2. The molecule has 0 saturated carbocycles. The lowest BCUT2D eigenvalue weighted by molar-refractivity contribution is 0.0482. The molecule has 1 aliphatic rings. The van der Waals surface area contributed by atoms with Gasteiger partial charge in [0.05, 0.1) is 22.5 Å². The summed E-state index contributed by atoms with van der Waals surface area (Å²) in [5.74, 6) is -0.201. The van der Waals surface area contributed by atoms with Crippen LogP contribution in [0.2, 0.25) is 5.04 Å². The topological polar surface area (TPSA) is 72.8 Å². The number of aromatic nitrogens is 1. The molecule has 1 aliphatic heterocycles. The van der Waals surface area contributed by atoms with Crippen molar-refractivity contribution in [1.82, 2.24) is 9.88 Å². The van der Waals surface area contributed by atoms with E-state index in [0.717, 1.165) is 22.3 Å². The number of hydrogen-bond donors (Lipinski definition) is 1. The molecule has 2 radical (unpaired) electrons. The van der Waals surface area contributed by atoms with Crippen molar-refractivity contribution in [2.45, 2.75) is 77.7 Å². The average molecular weight is 458 g/mol. The Bertz CT molecular complexity index is 1030. The highest BCUT2D eigenvalue weighted by atomic mass is 28.2. The van der Waals surface area contributed by atoms with Crippen molar-refractivity contribution in [3.63, 3.8) is 0 Å². The van der Waals surface area contributed by atoms with Crippen molar-refractivity contribution in [2.24, 2.45) is 0 Å². The zero-order chi connectivity index (χ0) is 24.1. The highest BCUT2D eigenvalue weighted by Crippen LogP contribution is 2.38. The minimum Gasteiger partial charge on any atom is -0.444 e. The molecule has 0 saturated heterocycles. The van der Waals surface area contributed by atoms with E-state index >= 15 is 0 Å². The van der Waals surface area contributed by atoms with Crippen LogP contribution in [0.15, 0.2) is 24.3 Å². The molecule has 1 atom stereocenters. The summed E-state index contributed by atoms with van der Waals surface area (Å²) < 4.78 is 13.5. The zero-order valence-corrected chi connectivity index (χ0v) is 21.6. The maximum atomic E-state index is 13.8. The van der Waals surface area contributed by atoms with E-state index < -0.39 is 23.3 Å². The lowest BCUT2D eigenvalue weighted by Crippen LogP contribution is -2.50. The van der Waals surface area contributed by atoms with E-state index in [4.69, 9.17) is 9.16 Å². The van der Waals surface area contributed by atoms with Gasteiger partial charge in [-0.05, 0) is 51.8 Å². The molecule has 3 rings (SSSR count). The lowest BCUT2D eigenvalue weighted by Gasteiger charge is -2.31. The van der Waals surface area contributed by atoms with Crippen LogP contribution in [0.4, 0.5) is 10.5 Å². The van der Waals surface area contributed by atoms with Crippen molar-refractivity contribution in [3.8, 4) is 0 Å². The Morgan fingerprint density at radius 3 is 2.38 bits per heavy atom. The van der Waals surface area contributed by atoms with Gasteiger partial charge in [-0.1, -0.05) is 32.9 Å². The van der Waals surface area contributed by atoms with E-state index in [0.29, 0.717) is 6.54 Å². The van der Waals surface area contributed by atoms with Gasteiger partial charge in [0.25, 0.3) is 5.91 Å². The van der Waals surface area contributed by atoms with Gasteiger partial charge in [-0.15, -0.1) is 0 Å². The summed E-state index contributed by atoms with van der Waals surface area (Å²) >= 11 is 0. The molecule has 0 spiro atoms. The monoisotopic (exact) mass is 457 g/mol. The number of carbonyl (C=O) groups excluding carboxylic acids is 2. The van der Waals surface area contributed by atoms with E-state index in [1.807, 2.05) is 50.1 Å². The minimum absolute atomic E-state index is 0.0122. The first-order valence-corrected chi connectivity index (χ1v) is 11.8. The van der Waals surface area contributed by atoms with E-state index in [1.54, 1.807) is 25.3 Å². The smallest absolute Gasteiger partial charge is 0.408 e. The van der Waals surface area contributed by atoms with Gasteiger partial charge in [-0.2, -0.15) is 0 Å². The Kier molecular flexibility index (Phi) is 6.25. The first kappa shape index (κ1) is 24.3. The third kappa shape index (κ3) is 5.18. The molecule has 32 heavy (non-hydrogen) atoms. The molecule has 1 aromatic carbocycles. The number of benzene rings is 1. The second-order valence-electron chi connectivity index (χ2n) is 11.0. The van der Waals surface area contributed by atoms with Gasteiger partial charge in [0.1, 0.15) is 11.6 Å². The van der Waals surface area contributed by atoms with Crippen LogP contribution in [0.25, 0.3) is 10.9 Å². The molecule has 2 aromatic rings. The number of anilines is 1. The third-order valence-corrected chi connectivity index (χ3v) is 6.33. The molecule has 0 fully saturated rings. The average Bonchev–Trinajstić information content (AvgIpc) is 2.99. The van der Waals surface area contributed by atoms with Crippen LogP contribution in [0.1, 0.15) is 65.9 Å². The first-order chi connectivity index (χ1) is 14.6. The number of para-hydroxylation sites is 1. The van der Waals surface area contributed by atoms with Crippen molar-refractivity contribution >= 4 is 38.4 Å². The second kappa shape index (κ2) is 8.23. The Labute approximate surface area is 193 Å². The predicted molar refractivity (Wildman–Crippen MR) is 129 cm³/mol. The van der Waals surface area contributed by atoms with Crippen LogP contribution in [0.3, 0.4) is 0 Å². The van der Waals surface area contributed by atoms with Crippen molar-refractivity contribution in [1.29, 1.82) is 0 Å². The number of ether oxygens (including phenoxy) is 1. The van der Waals surface area contributed by atoms with Gasteiger partial charge >= 0.3 is 6.09 Å². The quantitative estimate of drug-likeness (QED) is 0.673. The number of nitrogens with one attached hydrogen (secondary N) is 1. The molecular weight excluding hydrogens is 422 g/mol. The molecule has 8 heteroatoms. The maximum Gasteiger partial charge on any atom is 0.408 e. The number of alkyl carbamates (subject to hydrolysis) is 1. The summed E-state index contributed by atoms with van der Waals surface area (Å²) in [7, 11) is 2.19. The SMILES string of the molecule is CN1C[C@H](NC(=O)OC(C)(C)C)C(=O)n2c(C(C)(C)O[Si]C(C)(C)C)cc3cccc1c32. The Morgan fingerprint density at radius 2 is 1.78 bits per heavy atom. The Morgan fingerprint density at radius 1 is 1.12 bits per heavy atom. The molecule has 1 aromatic heterocycles. The van der Waals surface area contributed by atoms with Crippen LogP contribution in [0.5, 0.6) is 0 Å². The van der Waals surface area contributed by atoms with Gasteiger partial charge in [0.2, 0.25) is 9.76 Å². The number of nitrogens with zero attached hydrogens (tertiary/aromatic N) is 2. The van der Waals surface area contributed by atoms with Crippen molar-refractivity contribution < 1.29 is 18.8 Å². The normalized spacial score (nSPS) is 17.5. The largest absolute Gasteiger partial charge is 0.444 e. The summed E-state index contributed by atoms with van der Waals surface area (Å²) in [5, 5.41) is 3.76. The molecule has 7 nitrogen and oxygen atoms in total. The fraction of sp³-hybridized carbons (Fsp3) is 0.583. The zero-order valence-electron chi connectivity index (χ0n) is 20.6. The van der Waals surface area contributed by atoms with Gasteiger partial charge in [-0.25, -0.2) is 4.79 Å². The summed E-state index contributed by atoms with van der Waals surface area (Å²) in [6.07, 6.45) is -0.607. The van der Waals surface area contributed by atoms with E-state index in [-0.39, 0.29) is 20.7 Å². The standard InChI is InChI=1S/C24H35N3O4Si/c1-22(2,3)30-21(29)25-16-14-26(9)17-12-10-11-15-13-18(27(19(15)17)20(16)28)24(7,8)31-32-23(4,5)6/h10-13,16H,14H2,1-9H3,(H,25,29)/t16-/m0/s1. The molecule has 2 heterocycles. The first-order valence-electron chi connectivity index (χ1n) is 10.9. The fourth-order valence-electron chi connectivity index (χ4n) is 3.72. The molecule has 174 valence electrons. The highest BCUT2D eigenvalue weighted by molar-refractivity contribution is 6.31. The molecule has 0 aliphatic carbocycles. The molecule has 1 amide bonds. The van der Waals surface area contributed by atoms with Crippen LogP contribution in [-0.2, 0) is 14.8 Å². The molecular formula is C24H35N3O4Si. The summed E-state index contributed by atoms with van der Waals surface area (Å²) in [6, 6.07) is 7.24. The molecule has 0 bridgehead atoms. The van der Waals surface area contributed by atoms with E-state index in [9.17, 15) is 9.59 Å². The fourth-order valence-corrected chi connectivity index (χ4v) is 4.38. The number of amides is 1. The second-order valence-corrected chi connectivity index (χ2v) is 12.9. The summed E-state index contributed by atoms with van der Waals surface area (Å²) in [5.41, 5.74) is 1.19. The minimum atomic E-state index is -0.766. The van der Waals surface area contributed by atoms with Gasteiger partial charge in [-0.3, -0.25) is 9.36 Å². The van der Waals surface area contributed by atoms with Gasteiger partial charge in [0.15, 0.2) is 0 Å². The Hall–Kier alpha value is -2.32. The van der Waals surface area contributed by atoms with Gasteiger partial charge in [0, 0.05) is 19.0 Å². The van der Waals surface area contributed by atoms with E-state index in [2.05, 4.69) is 26.1 Å². The number of rotatable bonds is 4. The third-order valence-electron chi connectivity index (χ3n) is 5.11. The predicted octanol–water partition coefficient (Wildman–Crippen LogP) is 4.71. The van der Waals surface area contributed by atoms with Crippen LogP contribution >= 0.6 is 0 Å². The number of hydrogen-bond acceptors (Lipinski definition) is 5.